The van der Waals surface area contributed by atoms with Crippen molar-refractivity contribution in [2.75, 3.05) is 12.4 Å². The smallest absolute Gasteiger partial charge is 0.344 e. The zero-order chi connectivity index (χ0) is 23.1. The van der Waals surface area contributed by atoms with Crippen LogP contribution in [0.2, 0.25) is 0 Å². The molecule has 1 amide bonds. The van der Waals surface area contributed by atoms with Crippen molar-refractivity contribution >= 4 is 39.2 Å². The Labute approximate surface area is 189 Å². The predicted molar refractivity (Wildman–Crippen MR) is 122 cm³/mol. The van der Waals surface area contributed by atoms with Gasteiger partial charge in [0.05, 0.1) is 12.0 Å². The number of carbonyl (C=O) groups is 2. The Morgan fingerprint density at radius 3 is 2.35 bits per heavy atom. The molecule has 31 heavy (non-hydrogen) atoms. The van der Waals surface area contributed by atoms with E-state index in [0.29, 0.717) is 5.69 Å². The van der Waals surface area contributed by atoms with Crippen LogP contribution >= 0.6 is 15.9 Å². The summed E-state index contributed by atoms with van der Waals surface area (Å²) in [5.74, 6) is -1.33. The van der Waals surface area contributed by atoms with Gasteiger partial charge in [-0.05, 0) is 59.1 Å². The van der Waals surface area contributed by atoms with Gasteiger partial charge in [0.1, 0.15) is 5.56 Å². The van der Waals surface area contributed by atoms with E-state index < -0.39 is 22.5 Å². The molecule has 3 rings (SSSR count). The Balaban J connectivity index is 1.98. The van der Waals surface area contributed by atoms with Crippen molar-refractivity contribution in [3.63, 3.8) is 0 Å². The average molecular weight is 489 g/mol. The largest absolute Gasteiger partial charge is 0.465 e. The second kappa shape index (κ2) is 8.07. The first-order chi connectivity index (χ1) is 14.4. The van der Waals surface area contributed by atoms with E-state index in [1.54, 1.807) is 0 Å². The molecule has 0 atom stereocenters. The summed E-state index contributed by atoms with van der Waals surface area (Å²) in [6.07, 6.45) is 2.09. The number of methoxy groups -OCH3 is 1. The number of anilines is 1. The summed E-state index contributed by atoms with van der Waals surface area (Å²) in [4.78, 5) is 35.3. The molecule has 0 radical (unpaired) electrons. The van der Waals surface area contributed by atoms with Crippen LogP contribution in [0.3, 0.4) is 0 Å². The number of ether oxygens (including phenoxy) is 1. The third-order valence-corrected chi connectivity index (χ3v) is 6.62. The van der Waals surface area contributed by atoms with Crippen LogP contribution in [0.5, 0.6) is 0 Å². The number of nitro benzene ring substituents is 1. The summed E-state index contributed by atoms with van der Waals surface area (Å²) >= 11 is 3.68. The Hall–Kier alpha value is -2.74. The molecule has 0 aliphatic heterocycles. The average Bonchev–Trinajstić information content (AvgIpc) is 2.69. The summed E-state index contributed by atoms with van der Waals surface area (Å²) in [5.41, 5.74) is 2.36. The van der Waals surface area contributed by atoms with Gasteiger partial charge in [0, 0.05) is 21.8 Å². The Bertz CT molecular complexity index is 1090. The number of nitrogens with one attached hydrogen (secondary N) is 1. The van der Waals surface area contributed by atoms with Gasteiger partial charge in [-0.15, -0.1) is 0 Å². The molecule has 1 N–H and O–H groups in total. The summed E-state index contributed by atoms with van der Waals surface area (Å²) in [6, 6.07) is 7.53. The molecular formula is C23H25BrN2O5. The maximum Gasteiger partial charge on any atom is 0.344 e. The van der Waals surface area contributed by atoms with Gasteiger partial charge < -0.3 is 10.1 Å². The van der Waals surface area contributed by atoms with E-state index in [9.17, 15) is 19.7 Å². The molecule has 0 saturated heterocycles. The highest BCUT2D eigenvalue weighted by atomic mass is 79.9. The lowest BCUT2D eigenvalue weighted by atomic mass is 9.63. The number of nitrogens with zero attached hydrogens (tertiary/aromatic N) is 1. The number of esters is 1. The topological polar surface area (TPSA) is 98.5 Å². The van der Waals surface area contributed by atoms with Crippen molar-refractivity contribution in [2.45, 2.75) is 51.4 Å². The van der Waals surface area contributed by atoms with Crippen LogP contribution in [0.1, 0.15) is 72.4 Å². The lowest BCUT2D eigenvalue weighted by Gasteiger charge is -2.42. The molecule has 1 aliphatic carbocycles. The highest BCUT2D eigenvalue weighted by molar-refractivity contribution is 9.10. The Morgan fingerprint density at radius 2 is 1.74 bits per heavy atom. The van der Waals surface area contributed by atoms with Gasteiger partial charge in [-0.1, -0.05) is 43.6 Å². The monoisotopic (exact) mass is 488 g/mol. The molecule has 0 aromatic heterocycles. The predicted octanol–water partition coefficient (Wildman–Crippen LogP) is 5.75. The molecule has 1 aliphatic rings. The molecule has 0 saturated carbocycles. The third-order valence-electron chi connectivity index (χ3n) is 5.99. The Morgan fingerprint density at radius 1 is 1.10 bits per heavy atom. The van der Waals surface area contributed by atoms with Crippen LogP contribution in [-0.2, 0) is 15.6 Å². The van der Waals surface area contributed by atoms with Crippen molar-refractivity contribution in [1.82, 2.24) is 0 Å². The van der Waals surface area contributed by atoms with Crippen LogP contribution in [0, 0.1) is 10.1 Å². The maximum absolute atomic E-state index is 12.8. The summed E-state index contributed by atoms with van der Waals surface area (Å²) < 4.78 is 5.50. The van der Waals surface area contributed by atoms with Gasteiger partial charge >= 0.3 is 5.97 Å². The number of carbonyl (C=O) groups excluding carboxylic acids is 2. The number of benzene rings is 2. The van der Waals surface area contributed by atoms with Gasteiger partial charge in [-0.2, -0.15) is 0 Å². The lowest BCUT2D eigenvalue weighted by Crippen LogP contribution is -2.34. The van der Waals surface area contributed by atoms with Crippen molar-refractivity contribution < 1.29 is 19.2 Å². The fourth-order valence-electron chi connectivity index (χ4n) is 4.09. The van der Waals surface area contributed by atoms with Crippen LogP contribution in [0.25, 0.3) is 0 Å². The van der Waals surface area contributed by atoms with Gasteiger partial charge in [0.2, 0.25) is 0 Å². The molecule has 2 aromatic rings. The molecule has 0 unspecified atom stereocenters. The quantitative estimate of drug-likeness (QED) is 0.335. The number of hydrogen-bond acceptors (Lipinski definition) is 5. The molecule has 0 bridgehead atoms. The van der Waals surface area contributed by atoms with Crippen LogP contribution in [0.4, 0.5) is 11.4 Å². The fraction of sp³-hybridized carbons (Fsp3) is 0.391. The number of halogens is 1. The molecule has 8 heteroatoms. The van der Waals surface area contributed by atoms with Gasteiger partial charge in [-0.25, -0.2) is 4.79 Å². The molecular weight excluding hydrogens is 464 g/mol. The maximum atomic E-state index is 12.8. The first-order valence-electron chi connectivity index (χ1n) is 9.90. The van der Waals surface area contributed by atoms with Gasteiger partial charge in [0.25, 0.3) is 11.6 Å². The minimum atomic E-state index is -0.831. The van der Waals surface area contributed by atoms with Crippen molar-refractivity contribution in [3.8, 4) is 0 Å². The van der Waals surface area contributed by atoms with Crippen molar-refractivity contribution in [1.29, 1.82) is 0 Å². The van der Waals surface area contributed by atoms with E-state index in [2.05, 4.69) is 53.7 Å². The van der Waals surface area contributed by atoms with Crippen LogP contribution in [0.15, 0.2) is 34.8 Å². The normalized spacial score (nSPS) is 16.2. The summed E-state index contributed by atoms with van der Waals surface area (Å²) in [5, 5.41) is 14.2. The molecule has 0 heterocycles. The highest BCUT2D eigenvalue weighted by Crippen LogP contribution is 2.49. The van der Waals surface area contributed by atoms with Gasteiger partial charge in [0.15, 0.2) is 0 Å². The number of hydrogen-bond donors (Lipinski definition) is 1. The zero-order valence-corrected chi connectivity index (χ0v) is 19.8. The SMILES string of the molecule is COC(=O)c1ccc(C(=O)Nc2cc(Br)c3c(c2)C(C)(C)CCC3(C)C)cc1[N+](=O)[O-]. The van der Waals surface area contributed by atoms with E-state index in [4.69, 9.17) is 0 Å². The Kier molecular flexibility index (Phi) is 5.97. The van der Waals surface area contributed by atoms with Crippen molar-refractivity contribution in [2.24, 2.45) is 0 Å². The van der Waals surface area contributed by atoms with Crippen molar-refractivity contribution in [3.05, 3.63) is 67.2 Å². The second-order valence-electron chi connectivity index (χ2n) is 9.08. The zero-order valence-electron chi connectivity index (χ0n) is 18.2. The molecule has 0 spiro atoms. The van der Waals surface area contributed by atoms with E-state index in [-0.39, 0.29) is 22.0 Å². The van der Waals surface area contributed by atoms with Crippen LogP contribution < -0.4 is 5.32 Å². The molecule has 0 fully saturated rings. The molecule has 7 nitrogen and oxygen atoms in total. The standard InChI is InChI=1S/C23H25BrN2O5/c1-22(2)8-9-23(3,4)19-16(22)11-14(12-17(19)24)25-20(27)13-6-7-15(21(28)31-5)18(10-13)26(29)30/h6-7,10-12H,8-9H2,1-5H3,(H,25,27). The van der Waals surface area contributed by atoms with Crippen LogP contribution in [-0.4, -0.2) is 23.9 Å². The first kappa shape index (κ1) is 22.9. The lowest BCUT2D eigenvalue weighted by molar-refractivity contribution is -0.385. The molecule has 2 aromatic carbocycles. The minimum absolute atomic E-state index is 0.0105. The number of nitro groups is 1. The summed E-state index contributed by atoms with van der Waals surface area (Å²) in [6.45, 7) is 8.81. The van der Waals surface area contributed by atoms with E-state index in [1.807, 2.05) is 12.1 Å². The fourth-order valence-corrected chi connectivity index (χ4v) is 5.09. The second-order valence-corrected chi connectivity index (χ2v) is 9.94. The number of amides is 1. The number of fused-ring (bicyclic) bond motifs is 1. The van der Waals surface area contributed by atoms with E-state index in [1.165, 1.54) is 23.3 Å². The third kappa shape index (κ3) is 4.35. The van der Waals surface area contributed by atoms with E-state index >= 15 is 0 Å². The first-order valence-corrected chi connectivity index (χ1v) is 10.7. The van der Waals surface area contributed by atoms with E-state index in [0.717, 1.165) is 30.5 Å². The van der Waals surface area contributed by atoms with Gasteiger partial charge in [-0.3, -0.25) is 14.9 Å². The summed E-state index contributed by atoms with van der Waals surface area (Å²) in [7, 11) is 1.14. The minimum Gasteiger partial charge on any atom is -0.465 e. The molecule has 164 valence electrons. The number of rotatable bonds is 4. The highest BCUT2D eigenvalue weighted by Gasteiger charge is 2.38.